The van der Waals surface area contributed by atoms with Gasteiger partial charge in [-0.25, -0.2) is 0 Å². The zero-order valence-electron chi connectivity index (χ0n) is 30.8. The molecule has 1 heterocycles. The fourth-order valence-corrected chi connectivity index (χ4v) is 6.03. The second kappa shape index (κ2) is 31.1. The van der Waals surface area contributed by atoms with Gasteiger partial charge in [0.1, 0.15) is 17.1 Å². The van der Waals surface area contributed by atoms with E-state index in [2.05, 4.69) is 22.5 Å². The molecule has 1 aromatic rings. The number of hydrogen-bond donors (Lipinski definition) is 3. The van der Waals surface area contributed by atoms with E-state index in [4.69, 9.17) is 4.42 Å². The van der Waals surface area contributed by atoms with Crippen LogP contribution in [0.25, 0.3) is 0 Å². The Hall–Kier alpha value is -2.42. The predicted octanol–water partition coefficient (Wildman–Crippen LogP) is 1.92. The molecule has 0 fully saturated rings. The van der Waals surface area contributed by atoms with Crippen molar-refractivity contribution < 1.29 is 44.2 Å². The van der Waals surface area contributed by atoms with Crippen LogP contribution in [0.5, 0.6) is 0 Å². The number of aliphatic hydroxyl groups is 1. The Morgan fingerprint density at radius 3 is 1.88 bits per heavy atom. The number of carboxylic acids is 3. The number of nitrogens with one attached hydrogen (secondary N) is 2. The van der Waals surface area contributed by atoms with Crippen molar-refractivity contribution in [3.63, 3.8) is 0 Å². The average Bonchev–Trinajstić information content (AvgIpc) is 3.47. The van der Waals surface area contributed by atoms with Crippen LogP contribution in [0.2, 0.25) is 0 Å². The quantitative estimate of drug-likeness (QED) is 0.0434. The summed E-state index contributed by atoms with van der Waals surface area (Å²) in [6.45, 7) is 3.66. The van der Waals surface area contributed by atoms with E-state index in [1.54, 1.807) is 18.8 Å². The molecule has 290 valence electrons. The fourth-order valence-electron chi connectivity index (χ4n) is 5.28. The molecule has 0 saturated heterocycles. The van der Waals surface area contributed by atoms with E-state index in [-0.39, 0.29) is 32.6 Å². The first-order valence-corrected chi connectivity index (χ1v) is 18.8. The second-order valence-corrected chi connectivity index (χ2v) is 13.8. The van der Waals surface area contributed by atoms with Crippen LogP contribution in [-0.2, 0) is 26.7 Å². The molecule has 0 bridgehead atoms. The maximum atomic E-state index is 11.2. The van der Waals surface area contributed by atoms with Crippen LogP contribution in [0.3, 0.4) is 0 Å². The summed E-state index contributed by atoms with van der Waals surface area (Å²) in [7, 11) is 5.64. The number of thioether (sulfide) groups is 1. The van der Waals surface area contributed by atoms with Gasteiger partial charge in [-0.05, 0) is 32.6 Å². The number of aliphatic carboxylic acids is 3. The van der Waals surface area contributed by atoms with Crippen LogP contribution in [0.1, 0.15) is 121 Å². The third-order valence-electron chi connectivity index (χ3n) is 7.97. The molecular formula is C35H59BiN4O10S. The zero-order valence-corrected chi connectivity index (χ0v) is 35.1. The van der Waals surface area contributed by atoms with Crippen molar-refractivity contribution in [3.8, 4) is 0 Å². The van der Waals surface area contributed by atoms with Crippen molar-refractivity contribution in [2.24, 2.45) is 5.92 Å². The average molecular weight is 937 g/mol. The van der Waals surface area contributed by atoms with Gasteiger partial charge in [0.2, 0.25) is 0 Å². The van der Waals surface area contributed by atoms with E-state index in [0.717, 1.165) is 55.0 Å². The fraction of sp³-hybridized carbons (Fsp3) is 0.743. The van der Waals surface area contributed by atoms with Crippen LogP contribution in [0.15, 0.2) is 28.6 Å². The van der Waals surface area contributed by atoms with E-state index < -0.39 is 40.8 Å². The number of rotatable bonds is 30. The van der Waals surface area contributed by atoms with E-state index in [1.807, 2.05) is 26.2 Å². The van der Waals surface area contributed by atoms with Crippen molar-refractivity contribution in [1.29, 1.82) is 0 Å². The number of hydrogen-bond acceptors (Lipinski definition) is 14. The Labute approximate surface area is 326 Å². The molecule has 14 nitrogen and oxygen atoms in total. The summed E-state index contributed by atoms with van der Waals surface area (Å²) < 4.78 is 5.70. The van der Waals surface area contributed by atoms with Crippen LogP contribution in [-0.4, -0.2) is 98.1 Å². The van der Waals surface area contributed by atoms with Crippen molar-refractivity contribution in [3.05, 3.63) is 45.8 Å². The largest absolute Gasteiger partial charge is 3.00 e. The van der Waals surface area contributed by atoms with Gasteiger partial charge in [0, 0.05) is 43.6 Å². The number of carbonyl (C=O) groups excluding carboxylic acids is 3. The van der Waals surface area contributed by atoms with Gasteiger partial charge in [-0.1, -0.05) is 96.8 Å². The van der Waals surface area contributed by atoms with E-state index >= 15 is 0 Å². The first-order chi connectivity index (χ1) is 23.8. The van der Waals surface area contributed by atoms with Gasteiger partial charge in [-0.15, -0.1) is 0 Å². The van der Waals surface area contributed by atoms with Crippen molar-refractivity contribution >= 4 is 55.9 Å². The molecule has 0 aromatic carbocycles. The van der Waals surface area contributed by atoms with Crippen molar-refractivity contribution in [1.82, 2.24) is 15.5 Å². The maximum Gasteiger partial charge on any atom is 3.00 e. The summed E-state index contributed by atoms with van der Waals surface area (Å²) in [5, 5.41) is 59.0. The minimum atomic E-state index is -3.02. The summed E-state index contributed by atoms with van der Waals surface area (Å²) in [4.78, 5) is 44.9. The van der Waals surface area contributed by atoms with Crippen molar-refractivity contribution in [2.75, 3.05) is 33.4 Å². The maximum absolute atomic E-state index is 11.2. The molecule has 1 rings (SSSR count). The van der Waals surface area contributed by atoms with E-state index in [1.165, 1.54) is 57.8 Å². The van der Waals surface area contributed by atoms with Crippen LogP contribution in [0.4, 0.5) is 0 Å². The summed E-state index contributed by atoms with van der Waals surface area (Å²) in [6.07, 6.45) is 15.0. The first-order valence-electron chi connectivity index (χ1n) is 17.7. The number of nitro groups is 1. The summed E-state index contributed by atoms with van der Waals surface area (Å²) in [5.41, 5.74) is -3.02. The molecule has 0 saturated carbocycles. The Morgan fingerprint density at radius 1 is 0.941 bits per heavy atom. The predicted molar refractivity (Wildman–Crippen MR) is 193 cm³/mol. The molecule has 0 aliphatic carbocycles. The van der Waals surface area contributed by atoms with Gasteiger partial charge in [-0.3, -0.25) is 10.1 Å². The smallest absolute Gasteiger partial charge is 0.550 e. The van der Waals surface area contributed by atoms with Gasteiger partial charge in [0.15, 0.2) is 5.82 Å². The summed E-state index contributed by atoms with van der Waals surface area (Å²) >= 11 is 1.72. The standard InChI is InChI=1S/C22H40O7.C13H22N4O3S.Bi/c1-2-3-4-5-6-7-8-9-10-11-12-13-14-15-16-18(20(25)26)22(29,21(27)28)17-19(23)24;1-14-13(9-17(18)19)15-6-7-21-10-12-5-4-11(20-12)8-16(2)3;/h18,29H,2-17H2,1H3,(H,23,24)(H,25,26)(H,27,28);4-5,9,14-15H,6-8,10H2,1-3H3;/q;;+3/p-3. The molecule has 0 amide bonds. The molecule has 0 spiro atoms. The van der Waals surface area contributed by atoms with Gasteiger partial charge >= 0.3 is 26.2 Å². The molecule has 1 aromatic heterocycles. The molecular weight excluding hydrogens is 877 g/mol. The Kier molecular flexibility index (Phi) is 31.0. The zero-order chi connectivity index (χ0) is 37.8. The second-order valence-electron chi connectivity index (χ2n) is 12.7. The van der Waals surface area contributed by atoms with Gasteiger partial charge in [0.25, 0.3) is 6.20 Å². The van der Waals surface area contributed by atoms with Gasteiger partial charge in [-0.2, -0.15) is 11.8 Å². The Bertz CT molecular complexity index is 1140. The summed E-state index contributed by atoms with van der Waals surface area (Å²) in [5.74, 6) is -3.69. The van der Waals surface area contributed by atoms with Gasteiger partial charge in [0.05, 0.1) is 23.2 Å². The molecule has 2 radical (unpaired) electrons. The number of carboxylic acid groups (broad SMARTS) is 3. The molecule has 0 aliphatic rings. The van der Waals surface area contributed by atoms with Crippen LogP contribution in [0, 0.1) is 16.0 Å². The number of nitrogens with zero attached hydrogens (tertiary/aromatic N) is 2. The SMILES string of the molecule is CCCCCCCCCCCCCCCCC(C(=O)[O-])C(O)(CC(=O)[O-])C(=O)[O-].CNC(=C[N+](=O)[O-])NCCSCc1ccc(CN(C)C)o1.[Bi+3]. The molecule has 0 aliphatic heterocycles. The minimum absolute atomic E-state index is 0. The monoisotopic (exact) mass is 936 g/mol. The van der Waals surface area contributed by atoms with Crippen LogP contribution >= 0.6 is 11.8 Å². The van der Waals surface area contributed by atoms with Gasteiger partial charge < -0.3 is 54.8 Å². The number of unbranched alkanes of at least 4 members (excludes halogenated alkanes) is 13. The third-order valence-corrected chi connectivity index (χ3v) is 8.96. The Morgan fingerprint density at radius 2 is 1.45 bits per heavy atom. The number of carbonyl (C=O) groups is 3. The van der Waals surface area contributed by atoms with E-state index in [9.17, 15) is 44.9 Å². The summed E-state index contributed by atoms with van der Waals surface area (Å²) in [6, 6.07) is 3.98. The minimum Gasteiger partial charge on any atom is -0.550 e. The van der Waals surface area contributed by atoms with Crippen LogP contribution < -0.4 is 26.0 Å². The molecule has 16 heteroatoms. The van der Waals surface area contributed by atoms with E-state index in [0.29, 0.717) is 25.2 Å². The first kappa shape index (κ1) is 50.7. The number of furan rings is 1. The molecule has 51 heavy (non-hydrogen) atoms. The van der Waals surface area contributed by atoms with Crippen molar-refractivity contribution in [2.45, 2.75) is 128 Å². The molecule has 2 atom stereocenters. The molecule has 3 N–H and O–H groups in total. The topological polar surface area (TPSA) is 224 Å². The third kappa shape index (κ3) is 26.1. The normalized spacial score (nSPS) is 12.9. The molecule has 2 unspecified atom stereocenters. The Balaban J connectivity index is 0.